The standard InChI is InChI=1S/C28H30N6O4/c29-18-23-25(27(30)35)24-19-33(10-11-34(24)26(23)20-4-2-1-3-5-20)28(36)31-21-6-8-22(9-7-21)38-17-14-32-12-15-37-16-13-32/h1-9H,10-17,19H2,(H2,30,35)(H,31,36). The normalized spacial score (nSPS) is 15.4. The van der Waals surface area contributed by atoms with E-state index in [2.05, 4.69) is 16.3 Å². The average Bonchev–Trinajstić information content (AvgIpc) is 3.29. The van der Waals surface area contributed by atoms with Crippen molar-refractivity contribution >= 4 is 17.6 Å². The summed E-state index contributed by atoms with van der Waals surface area (Å²) in [5, 5.41) is 12.8. The zero-order chi connectivity index (χ0) is 26.5. The van der Waals surface area contributed by atoms with Gasteiger partial charge in [-0.1, -0.05) is 30.3 Å². The number of hydrogen-bond acceptors (Lipinski definition) is 6. The van der Waals surface area contributed by atoms with Gasteiger partial charge in [-0.3, -0.25) is 9.69 Å². The molecule has 5 rings (SSSR count). The molecule has 3 aromatic rings. The van der Waals surface area contributed by atoms with Gasteiger partial charge in [-0.2, -0.15) is 5.26 Å². The number of aromatic nitrogens is 1. The lowest BCUT2D eigenvalue weighted by Gasteiger charge is -2.30. The number of carbonyl (C=O) groups is 2. The van der Waals surface area contributed by atoms with Gasteiger partial charge in [-0.05, 0) is 29.8 Å². The van der Waals surface area contributed by atoms with Gasteiger partial charge in [0.05, 0.1) is 42.3 Å². The van der Waals surface area contributed by atoms with Crippen LogP contribution in [-0.2, 0) is 17.8 Å². The number of fused-ring (bicyclic) bond motifs is 1. The number of morpholine rings is 1. The van der Waals surface area contributed by atoms with Crippen LogP contribution in [0.3, 0.4) is 0 Å². The highest BCUT2D eigenvalue weighted by Gasteiger charge is 2.32. The molecule has 10 heteroatoms. The van der Waals surface area contributed by atoms with Gasteiger partial charge in [-0.15, -0.1) is 0 Å². The molecule has 0 aliphatic carbocycles. The fraction of sp³-hybridized carbons (Fsp3) is 0.321. The second kappa shape index (κ2) is 11.4. The number of hydrogen-bond donors (Lipinski definition) is 2. The summed E-state index contributed by atoms with van der Waals surface area (Å²) in [5.74, 6) is 0.0505. The topological polar surface area (TPSA) is 126 Å². The van der Waals surface area contributed by atoms with Crippen molar-refractivity contribution in [1.29, 1.82) is 5.26 Å². The molecule has 196 valence electrons. The quantitative estimate of drug-likeness (QED) is 0.499. The number of nitrogens with one attached hydrogen (secondary N) is 1. The first-order valence-corrected chi connectivity index (χ1v) is 12.6. The number of urea groups is 1. The van der Waals surface area contributed by atoms with Gasteiger partial charge in [0, 0.05) is 38.4 Å². The SMILES string of the molecule is N#Cc1c(C(N)=O)c2n(c1-c1ccccc1)CCN(C(=O)Nc1ccc(OCCN3CCOCC3)cc1)C2. The molecule has 0 saturated carbocycles. The van der Waals surface area contributed by atoms with Crippen LogP contribution in [0.15, 0.2) is 54.6 Å². The van der Waals surface area contributed by atoms with Crippen LogP contribution in [0.2, 0.25) is 0 Å². The van der Waals surface area contributed by atoms with E-state index in [1.54, 1.807) is 17.0 Å². The molecule has 0 bridgehead atoms. The van der Waals surface area contributed by atoms with E-state index in [9.17, 15) is 14.9 Å². The van der Waals surface area contributed by atoms with E-state index in [4.69, 9.17) is 15.2 Å². The van der Waals surface area contributed by atoms with Crippen LogP contribution in [0.25, 0.3) is 11.3 Å². The van der Waals surface area contributed by atoms with Crippen LogP contribution in [0.1, 0.15) is 21.6 Å². The summed E-state index contributed by atoms with van der Waals surface area (Å²) in [6.07, 6.45) is 0. The van der Waals surface area contributed by atoms with E-state index in [-0.39, 0.29) is 23.7 Å². The molecule has 3 heterocycles. The predicted octanol–water partition coefficient (Wildman–Crippen LogP) is 2.88. The molecule has 1 aromatic heterocycles. The molecule has 0 radical (unpaired) electrons. The van der Waals surface area contributed by atoms with Crippen LogP contribution < -0.4 is 15.8 Å². The number of nitrogens with zero attached hydrogens (tertiary/aromatic N) is 4. The molecule has 0 spiro atoms. The Morgan fingerprint density at radius 1 is 1.03 bits per heavy atom. The Bertz CT molecular complexity index is 1340. The maximum atomic E-state index is 13.1. The van der Waals surface area contributed by atoms with Crippen LogP contribution >= 0.6 is 0 Å². The molecule has 1 saturated heterocycles. The minimum Gasteiger partial charge on any atom is -0.492 e. The molecule has 3 N–H and O–H groups in total. The van der Waals surface area contributed by atoms with Crippen LogP contribution in [0.5, 0.6) is 5.75 Å². The van der Waals surface area contributed by atoms with E-state index in [1.165, 1.54) is 0 Å². The molecule has 0 unspecified atom stereocenters. The van der Waals surface area contributed by atoms with E-state index >= 15 is 0 Å². The molecule has 0 atom stereocenters. The molecule has 10 nitrogen and oxygen atoms in total. The molecule has 2 aliphatic rings. The van der Waals surface area contributed by atoms with Crippen molar-refractivity contribution in [2.75, 3.05) is 51.3 Å². The number of benzene rings is 2. The smallest absolute Gasteiger partial charge is 0.322 e. The third-order valence-electron chi connectivity index (χ3n) is 6.88. The van der Waals surface area contributed by atoms with Gasteiger partial charge in [0.15, 0.2) is 0 Å². The van der Waals surface area contributed by atoms with Crippen molar-refractivity contribution in [1.82, 2.24) is 14.4 Å². The molecule has 1 fully saturated rings. The number of ether oxygens (including phenoxy) is 2. The number of anilines is 1. The third-order valence-corrected chi connectivity index (χ3v) is 6.88. The average molecular weight is 515 g/mol. The van der Waals surface area contributed by atoms with Gasteiger partial charge < -0.3 is 30.0 Å². The molecule has 38 heavy (non-hydrogen) atoms. The Labute approximate surface area is 221 Å². The number of amides is 3. The summed E-state index contributed by atoms with van der Waals surface area (Å²) >= 11 is 0. The lowest BCUT2D eigenvalue weighted by molar-refractivity contribution is 0.0322. The Morgan fingerprint density at radius 3 is 2.45 bits per heavy atom. The number of nitriles is 1. The molecular weight excluding hydrogens is 484 g/mol. The zero-order valence-electron chi connectivity index (χ0n) is 21.1. The first-order chi connectivity index (χ1) is 18.5. The van der Waals surface area contributed by atoms with Crippen molar-refractivity contribution in [2.45, 2.75) is 13.1 Å². The number of primary amides is 1. The summed E-state index contributed by atoms with van der Waals surface area (Å²) in [4.78, 5) is 29.4. The Balaban J connectivity index is 1.25. The van der Waals surface area contributed by atoms with Gasteiger partial charge in [-0.25, -0.2) is 4.79 Å². The first kappa shape index (κ1) is 25.3. The fourth-order valence-corrected chi connectivity index (χ4v) is 4.96. The molecular formula is C28H30N6O4. The van der Waals surface area contributed by atoms with Crippen molar-refractivity contribution in [3.63, 3.8) is 0 Å². The van der Waals surface area contributed by atoms with Crippen molar-refractivity contribution in [3.05, 3.63) is 71.4 Å². The molecule has 2 aromatic carbocycles. The maximum Gasteiger partial charge on any atom is 0.322 e. The summed E-state index contributed by atoms with van der Waals surface area (Å²) in [6.45, 7) is 5.79. The van der Waals surface area contributed by atoms with E-state index in [0.717, 1.165) is 44.2 Å². The highest BCUT2D eigenvalue weighted by atomic mass is 16.5. The number of carbonyl (C=O) groups excluding carboxylic acids is 2. The monoisotopic (exact) mass is 514 g/mol. The van der Waals surface area contributed by atoms with Gasteiger partial charge in [0.1, 0.15) is 18.4 Å². The highest BCUT2D eigenvalue weighted by Crippen LogP contribution is 2.34. The van der Waals surface area contributed by atoms with E-state index < -0.39 is 5.91 Å². The van der Waals surface area contributed by atoms with Crippen molar-refractivity contribution < 1.29 is 19.1 Å². The Hall–Kier alpha value is -4.33. The maximum absolute atomic E-state index is 13.1. The van der Waals surface area contributed by atoms with Crippen LogP contribution in [-0.4, -0.2) is 72.3 Å². The van der Waals surface area contributed by atoms with Crippen LogP contribution in [0.4, 0.5) is 10.5 Å². The summed E-state index contributed by atoms with van der Waals surface area (Å²) in [6, 6.07) is 18.5. The number of rotatable bonds is 7. The zero-order valence-corrected chi connectivity index (χ0v) is 21.1. The second-order valence-electron chi connectivity index (χ2n) is 9.22. The third kappa shape index (κ3) is 5.34. The largest absolute Gasteiger partial charge is 0.492 e. The van der Waals surface area contributed by atoms with Crippen LogP contribution in [0, 0.1) is 11.3 Å². The van der Waals surface area contributed by atoms with Gasteiger partial charge in [0.2, 0.25) is 0 Å². The second-order valence-corrected chi connectivity index (χ2v) is 9.22. The molecule has 3 amide bonds. The minimum absolute atomic E-state index is 0.161. The lowest BCUT2D eigenvalue weighted by atomic mass is 10.0. The molecule has 2 aliphatic heterocycles. The fourth-order valence-electron chi connectivity index (χ4n) is 4.96. The van der Waals surface area contributed by atoms with E-state index in [1.807, 2.05) is 47.0 Å². The van der Waals surface area contributed by atoms with Crippen molar-refractivity contribution in [2.24, 2.45) is 5.73 Å². The predicted molar refractivity (Wildman–Crippen MR) is 142 cm³/mol. The Morgan fingerprint density at radius 2 is 1.76 bits per heavy atom. The lowest BCUT2D eigenvalue weighted by Crippen LogP contribution is -2.41. The summed E-state index contributed by atoms with van der Waals surface area (Å²) in [5.41, 5.74) is 8.79. The first-order valence-electron chi connectivity index (χ1n) is 12.6. The minimum atomic E-state index is -0.682. The van der Waals surface area contributed by atoms with E-state index in [0.29, 0.717) is 36.8 Å². The van der Waals surface area contributed by atoms with Crippen molar-refractivity contribution in [3.8, 4) is 23.1 Å². The highest BCUT2D eigenvalue weighted by molar-refractivity contribution is 6.00. The number of nitrogens with two attached hydrogens (primary N) is 1. The summed E-state index contributed by atoms with van der Waals surface area (Å²) in [7, 11) is 0. The summed E-state index contributed by atoms with van der Waals surface area (Å²) < 4.78 is 13.1. The Kier molecular flexibility index (Phi) is 7.58. The van der Waals surface area contributed by atoms with Gasteiger partial charge >= 0.3 is 6.03 Å². The van der Waals surface area contributed by atoms with Gasteiger partial charge in [0.25, 0.3) is 5.91 Å².